The van der Waals surface area contributed by atoms with Crippen LogP contribution < -0.4 is 5.73 Å². The summed E-state index contributed by atoms with van der Waals surface area (Å²) in [5.74, 6) is 0.0866. The second-order valence-electron chi connectivity index (χ2n) is 3.94. The molecule has 0 atom stereocenters. The lowest BCUT2D eigenvalue weighted by atomic mass is 9.95. The molecule has 1 saturated carbocycles. The van der Waals surface area contributed by atoms with Gasteiger partial charge in [0.15, 0.2) is 5.78 Å². The van der Waals surface area contributed by atoms with Crippen molar-refractivity contribution in [1.82, 2.24) is 0 Å². The molecule has 0 aliphatic heterocycles. The lowest BCUT2D eigenvalue weighted by molar-refractivity contribution is 0.0905. The van der Waals surface area contributed by atoms with E-state index < -0.39 is 0 Å². The number of hydrogen-bond acceptors (Lipinski definition) is 2. The Morgan fingerprint density at radius 2 is 2.00 bits per heavy atom. The van der Waals surface area contributed by atoms with Crippen molar-refractivity contribution in [3.05, 3.63) is 33.8 Å². The van der Waals surface area contributed by atoms with Gasteiger partial charge >= 0.3 is 0 Å². The third kappa shape index (κ3) is 1.89. The molecule has 1 fully saturated rings. The smallest absolute Gasteiger partial charge is 0.170 e. The van der Waals surface area contributed by atoms with Crippen LogP contribution in [0.1, 0.15) is 23.2 Å². The summed E-state index contributed by atoms with van der Waals surface area (Å²) >= 11 is 11.6. The summed E-state index contributed by atoms with van der Waals surface area (Å²) in [6.07, 6.45) is 1.76. The number of benzene rings is 1. The molecule has 80 valence electrons. The van der Waals surface area contributed by atoms with Crippen LogP contribution in [0.3, 0.4) is 0 Å². The lowest BCUT2D eigenvalue weighted by Crippen LogP contribution is -2.25. The van der Waals surface area contributed by atoms with E-state index in [-0.39, 0.29) is 11.2 Å². The maximum absolute atomic E-state index is 12.0. The number of carbonyl (C=O) groups is 1. The first-order valence-electron chi connectivity index (χ1n) is 4.79. The van der Waals surface area contributed by atoms with Gasteiger partial charge in [-0.05, 0) is 31.0 Å². The topological polar surface area (TPSA) is 43.1 Å². The van der Waals surface area contributed by atoms with Crippen LogP contribution in [-0.4, -0.2) is 12.3 Å². The minimum absolute atomic E-state index is 0.0866. The van der Waals surface area contributed by atoms with Gasteiger partial charge in [-0.1, -0.05) is 23.2 Å². The van der Waals surface area contributed by atoms with Crippen molar-refractivity contribution in [2.45, 2.75) is 12.8 Å². The van der Waals surface area contributed by atoms with Crippen LogP contribution in [0, 0.1) is 5.41 Å². The summed E-state index contributed by atoms with van der Waals surface area (Å²) in [5.41, 5.74) is 5.88. The first kappa shape index (κ1) is 10.9. The molecule has 0 radical (unpaired) electrons. The molecule has 0 saturated heterocycles. The first-order valence-corrected chi connectivity index (χ1v) is 5.54. The van der Waals surface area contributed by atoms with Crippen molar-refractivity contribution in [2.75, 3.05) is 6.54 Å². The number of carbonyl (C=O) groups excluding carboxylic acids is 1. The molecule has 4 heteroatoms. The molecule has 0 unspecified atom stereocenters. The quantitative estimate of drug-likeness (QED) is 0.830. The van der Waals surface area contributed by atoms with Crippen molar-refractivity contribution >= 4 is 29.0 Å². The highest BCUT2D eigenvalue weighted by atomic mass is 35.5. The molecule has 1 aliphatic rings. The molecule has 15 heavy (non-hydrogen) atoms. The van der Waals surface area contributed by atoms with Crippen molar-refractivity contribution in [2.24, 2.45) is 11.1 Å². The van der Waals surface area contributed by atoms with Crippen molar-refractivity contribution in [3.63, 3.8) is 0 Å². The highest BCUT2D eigenvalue weighted by molar-refractivity contribution is 6.42. The molecule has 0 spiro atoms. The molecule has 0 bridgehead atoms. The van der Waals surface area contributed by atoms with E-state index in [1.54, 1.807) is 18.2 Å². The summed E-state index contributed by atoms with van der Waals surface area (Å²) < 4.78 is 0. The zero-order valence-electron chi connectivity index (χ0n) is 8.09. The SMILES string of the molecule is NCC1(C(=O)c2ccc(Cl)c(Cl)c2)CC1. The van der Waals surface area contributed by atoms with E-state index in [1.807, 2.05) is 0 Å². The predicted octanol–water partition coefficient (Wildman–Crippen LogP) is 2.92. The van der Waals surface area contributed by atoms with E-state index in [0.717, 1.165) is 12.8 Å². The summed E-state index contributed by atoms with van der Waals surface area (Å²) in [6, 6.07) is 4.96. The number of nitrogens with two attached hydrogens (primary N) is 1. The zero-order chi connectivity index (χ0) is 11.1. The minimum Gasteiger partial charge on any atom is -0.329 e. The molecule has 2 N–H and O–H groups in total. The van der Waals surface area contributed by atoms with E-state index in [1.165, 1.54) is 0 Å². The summed E-state index contributed by atoms with van der Waals surface area (Å²) in [7, 11) is 0. The first-order chi connectivity index (χ1) is 7.09. The number of rotatable bonds is 3. The average Bonchev–Trinajstić information content (AvgIpc) is 3.02. The fourth-order valence-corrected chi connectivity index (χ4v) is 1.92. The monoisotopic (exact) mass is 243 g/mol. The standard InChI is InChI=1S/C11H11Cl2NO/c12-8-2-1-7(5-9(8)13)10(15)11(6-14)3-4-11/h1-2,5H,3-4,6,14H2. The third-order valence-corrected chi connectivity index (χ3v) is 3.65. The van der Waals surface area contributed by atoms with Crippen LogP contribution >= 0.6 is 23.2 Å². The van der Waals surface area contributed by atoms with Crippen molar-refractivity contribution in [3.8, 4) is 0 Å². The summed E-state index contributed by atoms with van der Waals surface area (Å²) in [4.78, 5) is 12.0. The average molecular weight is 244 g/mol. The molecule has 0 aromatic heterocycles. The maximum atomic E-state index is 12.0. The highest BCUT2D eigenvalue weighted by Crippen LogP contribution is 2.47. The number of hydrogen-bond donors (Lipinski definition) is 1. The van der Waals surface area contributed by atoms with Gasteiger partial charge in [0.05, 0.1) is 10.0 Å². The minimum atomic E-state index is -0.322. The van der Waals surface area contributed by atoms with Crippen LogP contribution in [0.15, 0.2) is 18.2 Å². The maximum Gasteiger partial charge on any atom is 0.170 e. The summed E-state index contributed by atoms with van der Waals surface area (Å²) in [6.45, 7) is 0.409. The molecular formula is C11H11Cl2NO. The Balaban J connectivity index is 2.30. The predicted molar refractivity (Wildman–Crippen MR) is 61.5 cm³/mol. The molecule has 0 amide bonds. The fraction of sp³-hybridized carbons (Fsp3) is 0.364. The fourth-order valence-electron chi connectivity index (χ4n) is 1.62. The van der Waals surface area contributed by atoms with Crippen LogP contribution in [-0.2, 0) is 0 Å². The second kappa shape index (κ2) is 3.78. The van der Waals surface area contributed by atoms with Gasteiger partial charge < -0.3 is 5.73 Å². The van der Waals surface area contributed by atoms with Gasteiger partial charge in [-0.15, -0.1) is 0 Å². The van der Waals surface area contributed by atoms with Gasteiger partial charge in [0.1, 0.15) is 0 Å². The molecule has 1 aromatic carbocycles. The molecule has 1 aromatic rings. The van der Waals surface area contributed by atoms with Gasteiger partial charge in [0, 0.05) is 17.5 Å². The highest BCUT2D eigenvalue weighted by Gasteiger charge is 2.48. The Bertz CT molecular complexity index is 413. The molecular weight excluding hydrogens is 233 g/mol. The molecule has 2 nitrogen and oxygen atoms in total. The van der Waals surface area contributed by atoms with Crippen molar-refractivity contribution in [1.29, 1.82) is 0 Å². The van der Waals surface area contributed by atoms with E-state index in [9.17, 15) is 4.79 Å². The van der Waals surface area contributed by atoms with Gasteiger partial charge in [-0.3, -0.25) is 4.79 Å². The number of ketones is 1. The third-order valence-electron chi connectivity index (χ3n) is 2.91. The molecule has 2 rings (SSSR count). The molecule has 1 aliphatic carbocycles. The summed E-state index contributed by atoms with van der Waals surface area (Å²) in [5, 5.41) is 0.876. The van der Waals surface area contributed by atoms with E-state index in [4.69, 9.17) is 28.9 Å². The Morgan fingerprint density at radius 1 is 1.33 bits per heavy atom. The Labute approximate surface area is 98.4 Å². The Morgan fingerprint density at radius 3 is 2.47 bits per heavy atom. The van der Waals surface area contributed by atoms with Gasteiger partial charge in [0.25, 0.3) is 0 Å². The van der Waals surface area contributed by atoms with Gasteiger partial charge in [-0.2, -0.15) is 0 Å². The van der Waals surface area contributed by atoms with E-state index in [2.05, 4.69) is 0 Å². The molecule has 0 heterocycles. The van der Waals surface area contributed by atoms with Crippen LogP contribution in [0.5, 0.6) is 0 Å². The van der Waals surface area contributed by atoms with E-state index >= 15 is 0 Å². The van der Waals surface area contributed by atoms with Crippen LogP contribution in [0.25, 0.3) is 0 Å². The van der Waals surface area contributed by atoms with Crippen LogP contribution in [0.2, 0.25) is 10.0 Å². The Hall–Kier alpha value is -0.570. The zero-order valence-corrected chi connectivity index (χ0v) is 9.61. The number of halogens is 2. The normalized spacial score (nSPS) is 17.5. The van der Waals surface area contributed by atoms with Crippen molar-refractivity contribution < 1.29 is 4.79 Å². The largest absolute Gasteiger partial charge is 0.329 e. The van der Waals surface area contributed by atoms with Gasteiger partial charge in [-0.25, -0.2) is 0 Å². The lowest BCUT2D eigenvalue weighted by Gasteiger charge is -2.11. The van der Waals surface area contributed by atoms with E-state index in [0.29, 0.717) is 22.2 Å². The van der Waals surface area contributed by atoms with Crippen LogP contribution in [0.4, 0.5) is 0 Å². The number of Topliss-reactive ketones (excluding diaryl/α,β-unsaturated/α-hetero) is 1. The van der Waals surface area contributed by atoms with Gasteiger partial charge in [0.2, 0.25) is 0 Å². The second-order valence-corrected chi connectivity index (χ2v) is 4.76. The Kier molecular flexibility index (Phi) is 2.75.